The second kappa shape index (κ2) is 9.72. The third-order valence-electron chi connectivity index (χ3n) is 4.27. The number of rotatable bonds is 9. The van der Waals surface area contributed by atoms with Gasteiger partial charge in [-0.2, -0.15) is 0 Å². The van der Waals surface area contributed by atoms with Gasteiger partial charge in [0.2, 0.25) is 15.9 Å². The second-order valence-electron chi connectivity index (χ2n) is 6.70. The quantitative estimate of drug-likeness (QED) is 0.539. The second-order valence-corrected chi connectivity index (χ2v) is 8.60. The van der Waals surface area contributed by atoms with E-state index in [2.05, 4.69) is 5.32 Å². The lowest BCUT2D eigenvalue weighted by Crippen LogP contribution is -2.48. The number of hydrogen-bond donors (Lipinski definition) is 3. The maximum absolute atomic E-state index is 12.3. The predicted octanol–water partition coefficient (Wildman–Crippen LogP) is 0.891. The maximum atomic E-state index is 12.3. The molecule has 0 bridgehead atoms. The highest BCUT2D eigenvalue weighted by atomic mass is 32.2. The zero-order chi connectivity index (χ0) is 20.7. The van der Waals surface area contributed by atoms with Crippen LogP contribution >= 0.6 is 0 Å². The van der Waals surface area contributed by atoms with Gasteiger partial charge in [0.25, 0.3) is 0 Å². The van der Waals surface area contributed by atoms with Gasteiger partial charge in [-0.15, -0.1) is 0 Å². The van der Waals surface area contributed by atoms with Gasteiger partial charge in [0.05, 0.1) is 17.9 Å². The highest BCUT2D eigenvalue weighted by Crippen LogP contribution is 2.17. The topological polar surface area (TPSA) is 107 Å². The Morgan fingerprint density at radius 3 is 2.25 bits per heavy atom. The highest BCUT2D eigenvalue weighted by Gasteiger charge is 2.26. The van der Waals surface area contributed by atoms with Crippen molar-refractivity contribution in [2.45, 2.75) is 25.7 Å². The van der Waals surface area contributed by atoms with E-state index in [1.54, 1.807) is 30.3 Å². The van der Waals surface area contributed by atoms with Crippen LogP contribution in [0.1, 0.15) is 17.5 Å². The number of hydrogen-bond acceptors (Lipinski definition) is 5. The van der Waals surface area contributed by atoms with Gasteiger partial charge >= 0.3 is 7.12 Å². The molecule has 0 radical (unpaired) electrons. The first-order valence-electron chi connectivity index (χ1n) is 8.90. The van der Waals surface area contributed by atoms with Crippen molar-refractivity contribution in [1.29, 1.82) is 0 Å². The van der Waals surface area contributed by atoms with Crippen LogP contribution in [-0.4, -0.2) is 50.2 Å². The number of aryl methyl sites for hydroxylation is 1. The number of amides is 1. The minimum atomic E-state index is -3.56. The summed E-state index contributed by atoms with van der Waals surface area (Å²) in [6.07, 6.45) is 1.22. The van der Waals surface area contributed by atoms with Crippen molar-refractivity contribution in [1.82, 2.24) is 5.32 Å². The number of sulfonamides is 1. The van der Waals surface area contributed by atoms with Crippen LogP contribution in [0.2, 0.25) is 0 Å². The summed E-state index contributed by atoms with van der Waals surface area (Å²) >= 11 is 0. The lowest BCUT2D eigenvalue weighted by Gasteiger charge is -2.23. The standard InChI is InChI=1S/C19H25BN2O5S/c1-15-8-10-16(11-9-15)14-18(20(24)25)21-19(23)12-13-22(28(2,26)27)17-6-4-3-5-7-17/h3-11,18,24-25H,12-14H2,1-2H3,(H,21,23)/t18-/m0/s1. The molecule has 1 amide bonds. The number of benzene rings is 2. The van der Waals surface area contributed by atoms with E-state index in [0.717, 1.165) is 21.7 Å². The lowest BCUT2D eigenvalue weighted by molar-refractivity contribution is -0.121. The van der Waals surface area contributed by atoms with Crippen LogP contribution in [0.5, 0.6) is 0 Å². The molecule has 150 valence electrons. The Hall–Kier alpha value is -2.36. The van der Waals surface area contributed by atoms with Crippen LogP contribution in [-0.2, 0) is 21.2 Å². The Labute approximate surface area is 166 Å². The summed E-state index contributed by atoms with van der Waals surface area (Å²) < 4.78 is 25.3. The molecule has 9 heteroatoms. The fraction of sp³-hybridized carbons (Fsp3) is 0.316. The van der Waals surface area contributed by atoms with Crippen LogP contribution in [0.4, 0.5) is 5.69 Å². The molecule has 2 aromatic rings. The monoisotopic (exact) mass is 404 g/mol. The minimum Gasteiger partial charge on any atom is -0.426 e. The third kappa shape index (κ3) is 6.67. The summed E-state index contributed by atoms with van der Waals surface area (Å²) in [5, 5.41) is 21.8. The lowest BCUT2D eigenvalue weighted by atomic mass is 9.76. The van der Waals surface area contributed by atoms with Crippen LogP contribution < -0.4 is 9.62 Å². The molecule has 0 aliphatic heterocycles. The third-order valence-corrected chi connectivity index (χ3v) is 5.46. The van der Waals surface area contributed by atoms with Gasteiger partial charge in [-0.3, -0.25) is 9.10 Å². The number of nitrogens with zero attached hydrogens (tertiary/aromatic N) is 1. The molecule has 0 aliphatic rings. The maximum Gasteiger partial charge on any atom is 0.475 e. The zero-order valence-electron chi connectivity index (χ0n) is 15.9. The molecule has 0 fully saturated rings. The number of carbonyl (C=O) groups excluding carboxylic acids is 1. The Kier molecular flexibility index (Phi) is 7.62. The van der Waals surface area contributed by atoms with E-state index in [9.17, 15) is 23.3 Å². The molecule has 0 aromatic heterocycles. The molecule has 2 aromatic carbocycles. The fourth-order valence-electron chi connectivity index (χ4n) is 2.77. The predicted molar refractivity (Wildman–Crippen MR) is 110 cm³/mol. The number of carbonyl (C=O) groups is 1. The van der Waals surface area contributed by atoms with E-state index < -0.39 is 29.0 Å². The average molecular weight is 404 g/mol. The Bertz CT molecular complexity index is 873. The van der Waals surface area contributed by atoms with Crippen molar-refractivity contribution in [2.24, 2.45) is 0 Å². The van der Waals surface area contributed by atoms with Crippen molar-refractivity contribution in [2.75, 3.05) is 17.1 Å². The zero-order valence-corrected chi connectivity index (χ0v) is 16.8. The van der Waals surface area contributed by atoms with E-state index in [1.807, 2.05) is 31.2 Å². The molecule has 0 saturated carbocycles. The molecule has 0 heterocycles. The van der Waals surface area contributed by atoms with Gasteiger partial charge < -0.3 is 15.4 Å². The van der Waals surface area contributed by atoms with Gasteiger partial charge in [-0.05, 0) is 31.0 Å². The highest BCUT2D eigenvalue weighted by molar-refractivity contribution is 7.92. The first-order valence-corrected chi connectivity index (χ1v) is 10.8. The summed E-state index contributed by atoms with van der Waals surface area (Å²) in [5.74, 6) is -1.35. The van der Waals surface area contributed by atoms with Crippen LogP contribution in [0.25, 0.3) is 0 Å². The molecule has 3 N–H and O–H groups in total. The summed E-state index contributed by atoms with van der Waals surface area (Å²) in [5.41, 5.74) is 2.40. The van der Waals surface area contributed by atoms with E-state index in [-0.39, 0.29) is 19.4 Å². The SMILES string of the molecule is Cc1ccc(C[C@H](NC(=O)CCN(c2ccccc2)S(C)(=O)=O)B(O)O)cc1. The average Bonchev–Trinajstić information content (AvgIpc) is 2.63. The summed E-state index contributed by atoms with van der Waals surface area (Å²) in [6, 6.07) is 16.0. The number of anilines is 1. The first-order chi connectivity index (χ1) is 13.2. The van der Waals surface area contributed by atoms with E-state index in [1.165, 1.54) is 0 Å². The molecular formula is C19H25BN2O5S. The molecule has 0 unspecified atom stereocenters. The normalized spacial score (nSPS) is 12.3. The van der Waals surface area contributed by atoms with Crippen LogP contribution in [0.3, 0.4) is 0 Å². The largest absolute Gasteiger partial charge is 0.475 e. The van der Waals surface area contributed by atoms with Gasteiger partial charge in [-0.1, -0.05) is 48.0 Å². The molecule has 7 nitrogen and oxygen atoms in total. The Balaban J connectivity index is 2.00. The van der Waals surface area contributed by atoms with Crippen molar-refractivity contribution >= 4 is 28.7 Å². The van der Waals surface area contributed by atoms with Crippen LogP contribution in [0, 0.1) is 6.92 Å². The molecule has 2 rings (SSSR count). The molecule has 0 spiro atoms. The van der Waals surface area contributed by atoms with E-state index >= 15 is 0 Å². The first kappa shape index (κ1) is 21.9. The summed E-state index contributed by atoms with van der Waals surface area (Å²) in [6.45, 7) is 1.90. The molecule has 28 heavy (non-hydrogen) atoms. The van der Waals surface area contributed by atoms with Crippen molar-refractivity contribution < 1.29 is 23.3 Å². The molecular weight excluding hydrogens is 379 g/mol. The fourth-order valence-corrected chi connectivity index (χ4v) is 3.70. The van der Waals surface area contributed by atoms with Crippen molar-refractivity contribution in [3.05, 3.63) is 65.7 Å². The van der Waals surface area contributed by atoms with Crippen molar-refractivity contribution in [3.8, 4) is 0 Å². The Morgan fingerprint density at radius 2 is 1.71 bits per heavy atom. The van der Waals surface area contributed by atoms with Crippen LogP contribution in [0.15, 0.2) is 54.6 Å². The molecule has 0 saturated heterocycles. The minimum absolute atomic E-state index is 0.0482. The smallest absolute Gasteiger partial charge is 0.426 e. The van der Waals surface area contributed by atoms with Gasteiger partial charge in [0, 0.05) is 13.0 Å². The molecule has 0 aliphatic carbocycles. The van der Waals surface area contributed by atoms with Gasteiger partial charge in [-0.25, -0.2) is 8.42 Å². The molecule has 1 atom stereocenters. The van der Waals surface area contributed by atoms with E-state index in [0.29, 0.717) is 5.69 Å². The number of nitrogens with one attached hydrogen (secondary N) is 1. The summed E-state index contributed by atoms with van der Waals surface area (Å²) in [4.78, 5) is 12.3. The Morgan fingerprint density at radius 1 is 1.11 bits per heavy atom. The van der Waals surface area contributed by atoms with Crippen molar-refractivity contribution in [3.63, 3.8) is 0 Å². The van der Waals surface area contributed by atoms with Gasteiger partial charge in [0.1, 0.15) is 0 Å². The summed E-state index contributed by atoms with van der Waals surface area (Å²) in [7, 11) is -5.29. The van der Waals surface area contributed by atoms with Gasteiger partial charge in [0.15, 0.2) is 0 Å². The number of para-hydroxylation sites is 1. The van der Waals surface area contributed by atoms with E-state index in [4.69, 9.17) is 0 Å².